The van der Waals surface area contributed by atoms with Crippen LogP contribution < -0.4 is 5.73 Å². The summed E-state index contributed by atoms with van der Waals surface area (Å²) in [4.78, 5) is 4.42. The van der Waals surface area contributed by atoms with E-state index in [4.69, 9.17) is 5.73 Å². The highest BCUT2D eigenvalue weighted by molar-refractivity contribution is 7.09. The molecule has 1 aromatic rings. The molecule has 3 heteroatoms. The van der Waals surface area contributed by atoms with E-state index >= 15 is 0 Å². The molecule has 1 unspecified atom stereocenters. The third-order valence-electron chi connectivity index (χ3n) is 2.32. The van der Waals surface area contributed by atoms with Crippen LogP contribution in [0.1, 0.15) is 43.3 Å². The van der Waals surface area contributed by atoms with Crippen molar-refractivity contribution >= 4 is 11.3 Å². The van der Waals surface area contributed by atoms with Crippen LogP contribution >= 0.6 is 11.3 Å². The fraction of sp³-hybridized carbons (Fsp3) is 0.727. The second-order valence-corrected chi connectivity index (χ2v) is 4.88. The molecule has 0 radical (unpaired) electrons. The van der Waals surface area contributed by atoms with Crippen molar-refractivity contribution in [2.45, 2.75) is 52.0 Å². The van der Waals surface area contributed by atoms with Crippen LogP contribution in [0.3, 0.4) is 0 Å². The molecule has 80 valence electrons. The number of aromatic nitrogens is 1. The first-order valence-corrected chi connectivity index (χ1v) is 6.27. The highest BCUT2D eigenvalue weighted by Crippen LogP contribution is 2.11. The predicted octanol–water partition coefficient (Wildman–Crippen LogP) is 2.90. The lowest BCUT2D eigenvalue weighted by molar-refractivity contribution is 0.553. The van der Waals surface area contributed by atoms with Crippen LogP contribution in [-0.2, 0) is 6.42 Å². The van der Waals surface area contributed by atoms with Gasteiger partial charge in [-0.1, -0.05) is 26.2 Å². The maximum atomic E-state index is 6.02. The standard InChI is InChI=1S/C11H20N2S/c1-3-4-5-6-10(12)7-11-8-14-9(2)13-11/h8,10H,3-7,12H2,1-2H3. The second-order valence-electron chi connectivity index (χ2n) is 3.82. The van der Waals surface area contributed by atoms with Gasteiger partial charge in [-0.15, -0.1) is 11.3 Å². The van der Waals surface area contributed by atoms with Gasteiger partial charge in [0, 0.05) is 17.8 Å². The van der Waals surface area contributed by atoms with E-state index in [0.717, 1.165) is 23.5 Å². The smallest absolute Gasteiger partial charge is 0.0897 e. The SMILES string of the molecule is CCCCCC(N)Cc1csc(C)n1. The summed E-state index contributed by atoms with van der Waals surface area (Å²) >= 11 is 1.71. The second kappa shape index (κ2) is 6.14. The third kappa shape index (κ3) is 4.20. The van der Waals surface area contributed by atoms with Crippen LogP contribution in [0.15, 0.2) is 5.38 Å². The molecule has 0 fully saturated rings. The molecule has 2 N–H and O–H groups in total. The van der Waals surface area contributed by atoms with Crippen LogP contribution in [0.25, 0.3) is 0 Å². The molecule has 0 saturated carbocycles. The Labute approximate surface area is 90.6 Å². The van der Waals surface area contributed by atoms with E-state index in [2.05, 4.69) is 17.3 Å². The third-order valence-corrected chi connectivity index (χ3v) is 3.14. The van der Waals surface area contributed by atoms with Gasteiger partial charge in [0.1, 0.15) is 0 Å². The quantitative estimate of drug-likeness (QED) is 0.736. The molecule has 1 aromatic heterocycles. The summed E-state index contributed by atoms with van der Waals surface area (Å²) in [6.45, 7) is 4.26. The summed E-state index contributed by atoms with van der Waals surface area (Å²) in [5.41, 5.74) is 7.18. The van der Waals surface area contributed by atoms with Gasteiger partial charge < -0.3 is 5.73 Å². The number of unbranched alkanes of at least 4 members (excludes halogenated alkanes) is 2. The Kier molecular flexibility index (Phi) is 5.12. The zero-order chi connectivity index (χ0) is 10.4. The van der Waals surface area contributed by atoms with Gasteiger partial charge in [-0.3, -0.25) is 0 Å². The lowest BCUT2D eigenvalue weighted by atomic mass is 10.1. The summed E-state index contributed by atoms with van der Waals surface area (Å²) < 4.78 is 0. The van der Waals surface area contributed by atoms with E-state index in [9.17, 15) is 0 Å². The maximum absolute atomic E-state index is 6.02. The van der Waals surface area contributed by atoms with Gasteiger partial charge >= 0.3 is 0 Å². The lowest BCUT2D eigenvalue weighted by Crippen LogP contribution is -2.22. The molecular formula is C11H20N2S. The molecule has 0 aromatic carbocycles. The van der Waals surface area contributed by atoms with E-state index in [-0.39, 0.29) is 0 Å². The molecule has 0 spiro atoms. The van der Waals surface area contributed by atoms with Crippen LogP contribution in [0.2, 0.25) is 0 Å². The fourth-order valence-corrected chi connectivity index (χ4v) is 2.15. The Morgan fingerprint density at radius 3 is 2.86 bits per heavy atom. The monoisotopic (exact) mass is 212 g/mol. The highest BCUT2D eigenvalue weighted by Gasteiger charge is 2.05. The number of nitrogens with two attached hydrogens (primary N) is 1. The molecule has 0 aliphatic rings. The highest BCUT2D eigenvalue weighted by atomic mass is 32.1. The minimum Gasteiger partial charge on any atom is -0.327 e. The summed E-state index contributed by atoms with van der Waals surface area (Å²) in [7, 11) is 0. The number of aryl methyl sites for hydroxylation is 1. The van der Waals surface area contributed by atoms with Crippen LogP contribution in [0.5, 0.6) is 0 Å². The van der Waals surface area contributed by atoms with E-state index in [1.165, 1.54) is 19.3 Å². The van der Waals surface area contributed by atoms with Crippen molar-refractivity contribution < 1.29 is 0 Å². The fourth-order valence-electron chi connectivity index (χ4n) is 1.53. The van der Waals surface area contributed by atoms with Crippen LogP contribution in [0.4, 0.5) is 0 Å². The Bertz CT molecular complexity index is 258. The predicted molar refractivity (Wildman–Crippen MR) is 62.7 cm³/mol. The Hall–Kier alpha value is -0.410. The van der Waals surface area contributed by atoms with Gasteiger partial charge in [0.25, 0.3) is 0 Å². The van der Waals surface area contributed by atoms with E-state index in [1.807, 2.05) is 6.92 Å². The van der Waals surface area contributed by atoms with Crippen molar-refractivity contribution in [3.05, 3.63) is 16.1 Å². The Morgan fingerprint density at radius 1 is 1.50 bits per heavy atom. The van der Waals surface area contributed by atoms with Crippen molar-refractivity contribution in [2.75, 3.05) is 0 Å². The maximum Gasteiger partial charge on any atom is 0.0897 e. The molecule has 0 aliphatic carbocycles. The minimum atomic E-state index is 0.294. The number of hydrogen-bond acceptors (Lipinski definition) is 3. The molecule has 0 amide bonds. The van der Waals surface area contributed by atoms with Crippen LogP contribution in [0, 0.1) is 6.92 Å². The minimum absolute atomic E-state index is 0.294. The van der Waals surface area contributed by atoms with Crippen LogP contribution in [-0.4, -0.2) is 11.0 Å². The molecular weight excluding hydrogens is 192 g/mol. The van der Waals surface area contributed by atoms with E-state index in [0.29, 0.717) is 6.04 Å². The first kappa shape index (κ1) is 11.7. The summed E-state index contributed by atoms with van der Waals surface area (Å²) in [6.07, 6.45) is 5.88. The Morgan fingerprint density at radius 2 is 2.29 bits per heavy atom. The van der Waals surface area contributed by atoms with Gasteiger partial charge in [-0.05, 0) is 13.3 Å². The molecule has 1 heterocycles. The first-order chi connectivity index (χ1) is 6.72. The zero-order valence-electron chi connectivity index (χ0n) is 9.12. The average Bonchev–Trinajstić information content (AvgIpc) is 2.52. The summed E-state index contributed by atoms with van der Waals surface area (Å²) in [6, 6.07) is 0.294. The van der Waals surface area contributed by atoms with Gasteiger partial charge in [0.05, 0.1) is 10.7 Å². The molecule has 0 saturated heterocycles. The normalized spacial score (nSPS) is 13.1. The average molecular weight is 212 g/mol. The molecule has 1 atom stereocenters. The summed E-state index contributed by atoms with van der Waals surface area (Å²) in [5, 5.41) is 3.26. The van der Waals surface area contributed by atoms with Crippen molar-refractivity contribution in [2.24, 2.45) is 5.73 Å². The molecule has 0 aliphatic heterocycles. The summed E-state index contributed by atoms with van der Waals surface area (Å²) in [5.74, 6) is 0. The number of rotatable bonds is 6. The van der Waals surface area contributed by atoms with Crippen molar-refractivity contribution in [1.82, 2.24) is 4.98 Å². The van der Waals surface area contributed by atoms with Gasteiger partial charge in [-0.2, -0.15) is 0 Å². The van der Waals surface area contributed by atoms with Gasteiger partial charge in [-0.25, -0.2) is 4.98 Å². The van der Waals surface area contributed by atoms with E-state index in [1.54, 1.807) is 11.3 Å². The molecule has 1 rings (SSSR count). The molecule has 0 bridgehead atoms. The van der Waals surface area contributed by atoms with Crippen molar-refractivity contribution in [3.63, 3.8) is 0 Å². The molecule has 2 nitrogen and oxygen atoms in total. The van der Waals surface area contributed by atoms with Gasteiger partial charge in [0.2, 0.25) is 0 Å². The topological polar surface area (TPSA) is 38.9 Å². The largest absolute Gasteiger partial charge is 0.327 e. The van der Waals surface area contributed by atoms with E-state index < -0.39 is 0 Å². The Balaban J connectivity index is 2.23. The number of hydrogen-bond donors (Lipinski definition) is 1. The lowest BCUT2D eigenvalue weighted by Gasteiger charge is -2.08. The zero-order valence-corrected chi connectivity index (χ0v) is 9.94. The van der Waals surface area contributed by atoms with Gasteiger partial charge in [0.15, 0.2) is 0 Å². The molecule has 14 heavy (non-hydrogen) atoms. The van der Waals surface area contributed by atoms with Crippen molar-refractivity contribution in [1.29, 1.82) is 0 Å². The van der Waals surface area contributed by atoms with Crippen molar-refractivity contribution in [3.8, 4) is 0 Å². The number of nitrogens with zero attached hydrogens (tertiary/aromatic N) is 1. The number of thiazole rings is 1. The first-order valence-electron chi connectivity index (χ1n) is 5.39.